The van der Waals surface area contributed by atoms with Gasteiger partial charge in [0.1, 0.15) is 0 Å². The monoisotopic (exact) mass is 246 g/mol. The highest BCUT2D eigenvalue weighted by Gasteiger charge is 2.06. The molecule has 0 spiro atoms. The fourth-order valence-corrected chi connectivity index (χ4v) is 2.09. The highest BCUT2D eigenvalue weighted by atomic mass is 15.1. The van der Waals surface area contributed by atoms with Gasteiger partial charge in [0.05, 0.1) is 0 Å². The molecule has 0 amide bonds. The van der Waals surface area contributed by atoms with Gasteiger partial charge in [-0.3, -0.25) is 0 Å². The first-order valence-corrected chi connectivity index (χ1v) is 6.81. The minimum absolute atomic E-state index is 0.263. The van der Waals surface area contributed by atoms with E-state index in [1.165, 1.54) is 12.0 Å². The van der Waals surface area contributed by atoms with Crippen LogP contribution in [0.1, 0.15) is 24.8 Å². The average Bonchev–Trinajstić information content (AvgIpc) is 2.38. The van der Waals surface area contributed by atoms with Crippen molar-refractivity contribution >= 4 is 0 Å². The summed E-state index contributed by atoms with van der Waals surface area (Å²) in [4.78, 5) is 2.32. The van der Waals surface area contributed by atoms with E-state index in [4.69, 9.17) is 5.73 Å². The summed E-state index contributed by atoms with van der Waals surface area (Å²) < 4.78 is 0. The molecule has 0 aliphatic heterocycles. The molecule has 0 aliphatic rings. The number of likely N-dealkylation sites (N-methyl/N-ethyl adjacent to an activating group) is 1. The Bertz CT molecular complexity index is 321. The van der Waals surface area contributed by atoms with Gasteiger partial charge in [-0.15, -0.1) is 6.58 Å². The van der Waals surface area contributed by atoms with Crippen molar-refractivity contribution in [3.63, 3.8) is 0 Å². The Morgan fingerprint density at radius 1 is 1.33 bits per heavy atom. The zero-order chi connectivity index (χ0) is 13.2. The fraction of sp³-hybridized carbons (Fsp3) is 0.500. The largest absolute Gasteiger partial charge is 0.327 e. The molecule has 0 saturated heterocycles. The van der Waals surface area contributed by atoms with Gasteiger partial charge in [0.25, 0.3) is 0 Å². The zero-order valence-corrected chi connectivity index (χ0v) is 11.5. The molecule has 0 fully saturated rings. The second-order valence-electron chi connectivity index (χ2n) is 4.98. The number of benzene rings is 1. The van der Waals surface area contributed by atoms with Gasteiger partial charge >= 0.3 is 0 Å². The van der Waals surface area contributed by atoms with Crippen LogP contribution in [0.2, 0.25) is 0 Å². The van der Waals surface area contributed by atoms with Crippen molar-refractivity contribution in [3.8, 4) is 0 Å². The Kier molecular flexibility index (Phi) is 7.38. The van der Waals surface area contributed by atoms with E-state index in [1.807, 2.05) is 6.08 Å². The maximum absolute atomic E-state index is 6.16. The lowest BCUT2D eigenvalue weighted by Crippen LogP contribution is -2.36. The van der Waals surface area contributed by atoms with Gasteiger partial charge in [-0.2, -0.15) is 0 Å². The molecule has 100 valence electrons. The van der Waals surface area contributed by atoms with E-state index in [0.29, 0.717) is 0 Å². The normalized spacial score (nSPS) is 12.6. The molecular formula is C16H26N2. The number of unbranched alkanes of at least 4 members (excludes halogenated alkanes) is 1. The van der Waals surface area contributed by atoms with E-state index >= 15 is 0 Å². The van der Waals surface area contributed by atoms with E-state index in [2.05, 4.69) is 48.9 Å². The number of rotatable bonds is 9. The van der Waals surface area contributed by atoms with Crippen molar-refractivity contribution < 1.29 is 0 Å². The molecule has 1 unspecified atom stereocenters. The summed E-state index contributed by atoms with van der Waals surface area (Å²) in [5.74, 6) is 0. The highest BCUT2D eigenvalue weighted by Crippen LogP contribution is 2.05. The zero-order valence-electron chi connectivity index (χ0n) is 11.5. The van der Waals surface area contributed by atoms with Crippen molar-refractivity contribution in [3.05, 3.63) is 48.6 Å². The molecular weight excluding hydrogens is 220 g/mol. The van der Waals surface area contributed by atoms with E-state index < -0.39 is 0 Å². The smallest absolute Gasteiger partial charge is 0.0170 e. The Morgan fingerprint density at radius 2 is 2.06 bits per heavy atom. The van der Waals surface area contributed by atoms with E-state index in [9.17, 15) is 0 Å². The molecule has 2 nitrogen and oxygen atoms in total. The molecule has 0 heterocycles. The second kappa shape index (κ2) is 8.90. The number of hydrogen-bond donors (Lipinski definition) is 1. The first-order valence-electron chi connectivity index (χ1n) is 6.81. The summed E-state index contributed by atoms with van der Waals surface area (Å²) in [6.07, 6.45) is 6.36. The predicted octanol–water partition coefficient (Wildman–Crippen LogP) is 2.84. The standard InChI is InChI=1S/C16H26N2/c1-3-4-8-13-18(2)14-16(17)12-11-15-9-6-5-7-10-15/h3,5-7,9-10,16H,1,4,8,11-14,17H2,2H3. The van der Waals surface area contributed by atoms with E-state index in [0.717, 1.165) is 32.4 Å². The minimum atomic E-state index is 0.263. The summed E-state index contributed by atoms with van der Waals surface area (Å²) in [6.45, 7) is 5.82. The summed E-state index contributed by atoms with van der Waals surface area (Å²) in [6, 6.07) is 10.8. The third-order valence-electron chi connectivity index (χ3n) is 3.14. The Balaban J connectivity index is 2.16. The number of nitrogens with zero attached hydrogens (tertiary/aromatic N) is 1. The van der Waals surface area contributed by atoms with Crippen LogP contribution >= 0.6 is 0 Å². The van der Waals surface area contributed by atoms with Gasteiger partial charge in [-0.05, 0) is 44.8 Å². The van der Waals surface area contributed by atoms with Gasteiger partial charge in [-0.1, -0.05) is 36.4 Å². The van der Waals surface area contributed by atoms with Crippen LogP contribution in [0.3, 0.4) is 0 Å². The fourth-order valence-electron chi connectivity index (χ4n) is 2.09. The Hall–Kier alpha value is -1.12. The van der Waals surface area contributed by atoms with Crippen LogP contribution in [0.15, 0.2) is 43.0 Å². The predicted molar refractivity (Wildman–Crippen MR) is 79.7 cm³/mol. The molecule has 1 aromatic rings. The summed E-state index contributed by atoms with van der Waals surface area (Å²) in [5, 5.41) is 0. The van der Waals surface area contributed by atoms with E-state index in [-0.39, 0.29) is 6.04 Å². The molecule has 0 aromatic heterocycles. The average molecular weight is 246 g/mol. The van der Waals surface area contributed by atoms with Gasteiger partial charge in [0, 0.05) is 12.6 Å². The van der Waals surface area contributed by atoms with Crippen LogP contribution in [0.25, 0.3) is 0 Å². The second-order valence-corrected chi connectivity index (χ2v) is 4.98. The molecule has 18 heavy (non-hydrogen) atoms. The van der Waals surface area contributed by atoms with Gasteiger partial charge < -0.3 is 10.6 Å². The number of allylic oxidation sites excluding steroid dienone is 1. The first kappa shape index (κ1) is 14.9. The van der Waals surface area contributed by atoms with Gasteiger partial charge in [-0.25, -0.2) is 0 Å². The van der Waals surface area contributed by atoms with Crippen molar-refractivity contribution in [2.45, 2.75) is 31.7 Å². The quantitative estimate of drug-likeness (QED) is 0.536. The Labute approximate surface area is 111 Å². The van der Waals surface area contributed by atoms with Crippen LogP contribution < -0.4 is 5.73 Å². The molecule has 1 aromatic carbocycles. The molecule has 0 saturated carbocycles. The minimum Gasteiger partial charge on any atom is -0.327 e. The van der Waals surface area contributed by atoms with Crippen LogP contribution in [0.4, 0.5) is 0 Å². The lowest BCUT2D eigenvalue weighted by Gasteiger charge is -2.21. The number of aryl methyl sites for hydroxylation is 1. The maximum Gasteiger partial charge on any atom is 0.0170 e. The van der Waals surface area contributed by atoms with Crippen LogP contribution in [-0.2, 0) is 6.42 Å². The third kappa shape index (κ3) is 6.58. The number of nitrogens with two attached hydrogens (primary N) is 1. The lowest BCUT2D eigenvalue weighted by atomic mass is 10.1. The summed E-state index contributed by atoms with van der Waals surface area (Å²) >= 11 is 0. The van der Waals surface area contributed by atoms with Gasteiger partial charge in [0.2, 0.25) is 0 Å². The third-order valence-corrected chi connectivity index (χ3v) is 3.14. The molecule has 2 N–H and O–H groups in total. The summed E-state index contributed by atoms with van der Waals surface area (Å²) in [7, 11) is 2.14. The topological polar surface area (TPSA) is 29.3 Å². The lowest BCUT2D eigenvalue weighted by molar-refractivity contribution is 0.302. The van der Waals surface area contributed by atoms with Crippen molar-refractivity contribution in [2.24, 2.45) is 5.73 Å². The van der Waals surface area contributed by atoms with Crippen LogP contribution in [0.5, 0.6) is 0 Å². The van der Waals surface area contributed by atoms with Gasteiger partial charge in [0.15, 0.2) is 0 Å². The van der Waals surface area contributed by atoms with Crippen LogP contribution in [0, 0.1) is 0 Å². The molecule has 1 rings (SSSR count). The molecule has 0 bridgehead atoms. The first-order chi connectivity index (χ1) is 8.72. The van der Waals surface area contributed by atoms with Crippen LogP contribution in [-0.4, -0.2) is 31.1 Å². The number of hydrogen-bond acceptors (Lipinski definition) is 2. The maximum atomic E-state index is 6.16. The highest BCUT2D eigenvalue weighted by molar-refractivity contribution is 5.14. The molecule has 0 radical (unpaired) electrons. The molecule has 1 atom stereocenters. The van der Waals surface area contributed by atoms with Crippen molar-refractivity contribution in [1.29, 1.82) is 0 Å². The summed E-state index contributed by atoms with van der Waals surface area (Å²) in [5.41, 5.74) is 7.54. The Morgan fingerprint density at radius 3 is 2.72 bits per heavy atom. The van der Waals surface area contributed by atoms with E-state index in [1.54, 1.807) is 0 Å². The SMILES string of the molecule is C=CCCCN(C)CC(N)CCc1ccccc1. The van der Waals surface area contributed by atoms with Crippen molar-refractivity contribution in [1.82, 2.24) is 4.90 Å². The molecule has 2 heteroatoms. The van der Waals surface area contributed by atoms with Crippen molar-refractivity contribution in [2.75, 3.05) is 20.1 Å². The molecule has 0 aliphatic carbocycles.